The van der Waals surface area contributed by atoms with Gasteiger partial charge in [-0.05, 0) is 42.7 Å². The molecular formula is C21H26N2O5S. The van der Waals surface area contributed by atoms with Gasteiger partial charge in [-0.1, -0.05) is 30.3 Å². The van der Waals surface area contributed by atoms with Gasteiger partial charge < -0.3 is 15.2 Å². The largest absolute Gasteiger partial charge is 0.497 e. The number of nitrogens with zero attached hydrogens (tertiary/aromatic N) is 1. The number of ether oxygens (including phenoxy) is 1. The van der Waals surface area contributed by atoms with E-state index in [1.165, 1.54) is 23.5 Å². The van der Waals surface area contributed by atoms with Crippen molar-refractivity contribution in [2.24, 2.45) is 5.92 Å². The molecule has 2 N–H and O–H groups in total. The average molecular weight is 419 g/mol. The van der Waals surface area contributed by atoms with Crippen LogP contribution in [0.5, 0.6) is 5.75 Å². The molecule has 2 aromatic carbocycles. The summed E-state index contributed by atoms with van der Waals surface area (Å²) in [4.78, 5) is 12.7. The fourth-order valence-electron chi connectivity index (χ4n) is 3.41. The number of carbonyl (C=O) groups excluding carboxylic acids is 1. The van der Waals surface area contributed by atoms with Gasteiger partial charge in [-0.15, -0.1) is 0 Å². The van der Waals surface area contributed by atoms with E-state index in [0.717, 1.165) is 5.56 Å². The molecule has 0 spiro atoms. The van der Waals surface area contributed by atoms with Crippen LogP contribution in [0.25, 0.3) is 0 Å². The highest BCUT2D eigenvalue weighted by atomic mass is 32.2. The van der Waals surface area contributed by atoms with Gasteiger partial charge >= 0.3 is 0 Å². The van der Waals surface area contributed by atoms with Crippen LogP contribution in [0.4, 0.5) is 0 Å². The number of benzene rings is 2. The molecule has 2 aromatic rings. The second-order valence-electron chi connectivity index (χ2n) is 7.05. The van der Waals surface area contributed by atoms with Crippen molar-refractivity contribution >= 4 is 15.9 Å². The Morgan fingerprint density at radius 1 is 1.21 bits per heavy atom. The van der Waals surface area contributed by atoms with Crippen LogP contribution >= 0.6 is 0 Å². The minimum absolute atomic E-state index is 0.0879. The van der Waals surface area contributed by atoms with E-state index in [4.69, 9.17) is 4.74 Å². The summed E-state index contributed by atoms with van der Waals surface area (Å²) in [6, 6.07) is 15.3. The minimum Gasteiger partial charge on any atom is -0.497 e. The Balaban J connectivity index is 1.61. The summed E-state index contributed by atoms with van der Waals surface area (Å²) in [5, 5.41) is 13.0. The van der Waals surface area contributed by atoms with E-state index in [0.29, 0.717) is 25.1 Å². The van der Waals surface area contributed by atoms with E-state index in [-0.39, 0.29) is 23.9 Å². The zero-order valence-corrected chi connectivity index (χ0v) is 17.1. The molecule has 0 saturated carbocycles. The number of hydrogen-bond donors (Lipinski definition) is 2. The Hall–Kier alpha value is -2.42. The van der Waals surface area contributed by atoms with Gasteiger partial charge in [0, 0.05) is 19.6 Å². The Morgan fingerprint density at radius 3 is 2.55 bits per heavy atom. The molecule has 0 radical (unpaired) electrons. The summed E-state index contributed by atoms with van der Waals surface area (Å²) < 4.78 is 32.3. The summed E-state index contributed by atoms with van der Waals surface area (Å²) >= 11 is 0. The van der Waals surface area contributed by atoms with Crippen molar-refractivity contribution in [3.05, 3.63) is 60.2 Å². The number of aliphatic hydroxyl groups is 1. The van der Waals surface area contributed by atoms with E-state index >= 15 is 0 Å². The van der Waals surface area contributed by atoms with E-state index in [2.05, 4.69) is 5.32 Å². The van der Waals surface area contributed by atoms with E-state index < -0.39 is 22.0 Å². The SMILES string of the molecule is COc1ccc(S(=O)(=O)N2CCCC(C(=O)NCC(O)c3ccccc3)C2)cc1. The number of hydrogen-bond acceptors (Lipinski definition) is 5. The van der Waals surface area contributed by atoms with Crippen molar-refractivity contribution < 1.29 is 23.1 Å². The van der Waals surface area contributed by atoms with Gasteiger partial charge in [0.05, 0.1) is 24.0 Å². The lowest BCUT2D eigenvalue weighted by Gasteiger charge is -2.31. The van der Waals surface area contributed by atoms with Crippen molar-refractivity contribution in [1.82, 2.24) is 9.62 Å². The standard InChI is InChI=1S/C21H26N2O5S/c1-28-18-9-11-19(12-10-18)29(26,27)23-13-5-8-17(15-23)21(25)22-14-20(24)16-6-3-2-4-7-16/h2-4,6-7,9-12,17,20,24H,5,8,13-15H2,1H3,(H,22,25). The summed E-state index contributed by atoms with van der Waals surface area (Å²) in [5.41, 5.74) is 0.722. The maximum Gasteiger partial charge on any atom is 0.243 e. The Labute approximate surface area is 171 Å². The molecule has 3 rings (SSSR count). The highest BCUT2D eigenvalue weighted by molar-refractivity contribution is 7.89. The molecule has 1 heterocycles. The smallest absolute Gasteiger partial charge is 0.243 e. The summed E-state index contributed by atoms with van der Waals surface area (Å²) in [7, 11) is -2.16. The number of carbonyl (C=O) groups is 1. The maximum atomic E-state index is 12.9. The van der Waals surface area contributed by atoms with Crippen LogP contribution in [0.3, 0.4) is 0 Å². The second kappa shape index (κ2) is 9.39. The average Bonchev–Trinajstić information content (AvgIpc) is 2.78. The molecule has 7 nitrogen and oxygen atoms in total. The number of amides is 1. The fourth-order valence-corrected chi connectivity index (χ4v) is 4.93. The second-order valence-corrected chi connectivity index (χ2v) is 8.99. The van der Waals surface area contributed by atoms with Gasteiger partial charge in [-0.3, -0.25) is 4.79 Å². The zero-order valence-electron chi connectivity index (χ0n) is 16.3. The van der Waals surface area contributed by atoms with Crippen molar-refractivity contribution in [2.75, 3.05) is 26.7 Å². The Kier molecular flexibility index (Phi) is 6.89. The van der Waals surface area contributed by atoms with Crippen LogP contribution in [0, 0.1) is 5.92 Å². The third-order valence-electron chi connectivity index (χ3n) is 5.11. The van der Waals surface area contributed by atoms with Gasteiger partial charge in [0.25, 0.3) is 0 Å². The van der Waals surface area contributed by atoms with Crippen LogP contribution in [-0.4, -0.2) is 50.5 Å². The van der Waals surface area contributed by atoms with Crippen molar-refractivity contribution in [3.63, 3.8) is 0 Å². The first kappa shape index (κ1) is 21.3. The predicted octanol–water partition coefficient (Wildman–Crippen LogP) is 1.95. The zero-order chi connectivity index (χ0) is 20.9. The normalized spacial score (nSPS) is 18.8. The third kappa shape index (κ3) is 5.14. The third-order valence-corrected chi connectivity index (χ3v) is 6.99. The van der Waals surface area contributed by atoms with Gasteiger partial charge in [0.2, 0.25) is 15.9 Å². The van der Waals surface area contributed by atoms with Crippen LogP contribution < -0.4 is 10.1 Å². The monoisotopic (exact) mass is 418 g/mol. The van der Waals surface area contributed by atoms with Gasteiger partial charge in [0.1, 0.15) is 5.75 Å². The first-order valence-corrected chi connectivity index (χ1v) is 11.0. The van der Waals surface area contributed by atoms with Crippen LogP contribution in [0.2, 0.25) is 0 Å². The Bertz CT molecular complexity index is 916. The maximum absolute atomic E-state index is 12.9. The molecule has 1 fully saturated rings. The van der Waals surface area contributed by atoms with Gasteiger partial charge in [0.15, 0.2) is 0 Å². The molecule has 2 atom stereocenters. The molecule has 1 aliphatic rings. The molecule has 1 aliphatic heterocycles. The first-order valence-electron chi connectivity index (χ1n) is 9.56. The molecule has 1 saturated heterocycles. The molecule has 8 heteroatoms. The quantitative estimate of drug-likeness (QED) is 0.717. The molecule has 2 unspecified atom stereocenters. The van der Waals surface area contributed by atoms with Crippen molar-refractivity contribution in [3.8, 4) is 5.75 Å². The van der Waals surface area contributed by atoms with E-state index in [1.54, 1.807) is 24.3 Å². The predicted molar refractivity (Wildman–Crippen MR) is 109 cm³/mol. The van der Waals surface area contributed by atoms with Gasteiger partial charge in [-0.25, -0.2) is 8.42 Å². The van der Waals surface area contributed by atoms with Crippen molar-refractivity contribution in [1.29, 1.82) is 0 Å². The van der Waals surface area contributed by atoms with Crippen LogP contribution in [0.15, 0.2) is 59.5 Å². The lowest BCUT2D eigenvalue weighted by molar-refractivity contribution is -0.126. The van der Waals surface area contributed by atoms with Crippen LogP contribution in [-0.2, 0) is 14.8 Å². The minimum atomic E-state index is -3.68. The number of nitrogens with one attached hydrogen (secondary N) is 1. The summed E-state index contributed by atoms with van der Waals surface area (Å²) in [6.07, 6.45) is 0.416. The molecule has 0 aromatic heterocycles. The molecule has 156 valence electrons. The molecule has 0 bridgehead atoms. The lowest BCUT2D eigenvalue weighted by Crippen LogP contribution is -2.46. The fraction of sp³-hybridized carbons (Fsp3) is 0.381. The number of aliphatic hydroxyl groups excluding tert-OH is 1. The summed E-state index contributed by atoms with van der Waals surface area (Å²) in [6.45, 7) is 0.594. The number of sulfonamides is 1. The summed E-state index contributed by atoms with van der Waals surface area (Å²) in [5.74, 6) is -0.105. The van der Waals surface area contributed by atoms with E-state index in [1.807, 2.05) is 18.2 Å². The number of methoxy groups -OCH3 is 1. The molecular weight excluding hydrogens is 392 g/mol. The highest BCUT2D eigenvalue weighted by Crippen LogP contribution is 2.25. The Morgan fingerprint density at radius 2 is 1.90 bits per heavy atom. The molecule has 1 amide bonds. The lowest BCUT2D eigenvalue weighted by atomic mass is 9.98. The van der Waals surface area contributed by atoms with Crippen molar-refractivity contribution in [2.45, 2.75) is 23.8 Å². The molecule has 0 aliphatic carbocycles. The van der Waals surface area contributed by atoms with E-state index in [9.17, 15) is 18.3 Å². The first-order chi connectivity index (χ1) is 13.9. The molecule has 29 heavy (non-hydrogen) atoms. The van der Waals surface area contributed by atoms with Crippen LogP contribution in [0.1, 0.15) is 24.5 Å². The number of piperidine rings is 1. The number of rotatable bonds is 7. The van der Waals surface area contributed by atoms with Gasteiger partial charge in [-0.2, -0.15) is 4.31 Å². The topological polar surface area (TPSA) is 95.9 Å². The highest BCUT2D eigenvalue weighted by Gasteiger charge is 2.33.